The van der Waals surface area contributed by atoms with Gasteiger partial charge in [-0.25, -0.2) is 0 Å². The quantitative estimate of drug-likeness (QED) is 0.0262. The van der Waals surface area contributed by atoms with Crippen LogP contribution in [0.25, 0.3) is 0 Å². The van der Waals surface area contributed by atoms with Crippen LogP contribution >= 0.6 is 11.6 Å². The van der Waals surface area contributed by atoms with E-state index < -0.39 is 0 Å². The van der Waals surface area contributed by atoms with Crippen LogP contribution < -0.4 is 99.3 Å². The third kappa shape index (κ3) is 109. The number of quaternary nitrogens is 8. The van der Waals surface area contributed by atoms with Crippen molar-refractivity contribution in [3.05, 3.63) is 38.5 Å². The average molecular weight is 1510 g/mol. The number of hydrogen-bond donors (Lipinski definition) is 0. The van der Waals surface area contributed by atoms with Crippen LogP contribution in [0.5, 0.6) is 0 Å². The Morgan fingerprint density at radius 1 is 0.326 bits per heavy atom. The smallest absolute Gasteiger partial charge is 0.136 e. The number of alkyl halides is 1. The molecule has 0 aromatic carbocycles. The Morgan fingerprint density at radius 2 is 0.565 bits per heavy atom. The van der Waals surface area contributed by atoms with Crippen molar-refractivity contribution in [2.45, 2.75) is 143 Å². The molecule has 0 N–H and O–H groups in total. The maximum absolute atomic E-state index is 5.30. The van der Waals surface area contributed by atoms with E-state index in [1.807, 2.05) is 0 Å². The molecule has 0 radical (unpaired) electrons. The number of likely N-dealkylation sites (N-methyl/N-ethyl adjacent to an activating group) is 1. The molecule has 0 aliphatic rings. The van der Waals surface area contributed by atoms with Crippen molar-refractivity contribution < 1.29 is 149 Å². The first-order valence-corrected chi connectivity index (χ1v) is 33.9. The van der Waals surface area contributed by atoms with Crippen molar-refractivity contribution >= 4 is 11.6 Å². The predicted octanol–water partition coefficient (Wildman–Crippen LogP) is -11.2. The highest BCUT2D eigenvalue weighted by molar-refractivity contribution is 6.17. The minimum atomic E-state index is 0. The van der Waals surface area contributed by atoms with Gasteiger partial charge in [-0.15, -0.1) is 11.6 Å². The fourth-order valence-corrected chi connectivity index (χ4v) is 9.81. The summed E-state index contributed by atoms with van der Waals surface area (Å²) in [6.45, 7) is 37.7. The van der Waals surface area contributed by atoms with Gasteiger partial charge in [0.05, 0.1) is 244 Å². The second-order valence-corrected chi connectivity index (χ2v) is 30.9. The summed E-state index contributed by atoms with van der Waals surface area (Å²) >= 11 is 5.21. The molecule has 0 aliphatic heterocycles. The first-order chi connectivity index (χ1) is 38.4. The lowest BCUT2D eigenvalue weighted by Crippen LogP contribution is -3.00. The standard InChI is InChI=1S/C29H66N4O.C17H41N3.C16H39N3.C4H7ClO.C3H6O.CH4.8ClH/c1-11-30(3,4)22-17-13-14-18-23-31(5,6)26-21-27-32(7,8)24-19-15-16-20-25-33(9,10)28-29-34-12-2;1-8-18(2)14-11-9-10-12-16-20(6,7)17-13-15-19(3,4)5;1-17(2)13-10-8-9-11-15-19(6,7)16-12-14-18(3,4)5;1-2-6-4-3-5;1-3-4-2;;;;;;;;;/h12H,2,11,13-29H2,1,3-10H3;8-17H2,1-7H3;8-16H2,1-7H3;2H,1,3-4H2;3H,1H2,2H3;1H4;8*1H/q+4;2*+2;;;;;;;;;;;/p-8. The van der Waals surface area contributed by atoms with E-state index in [-0.39, 0.29) is 107 Å². The molecule has 0 bridgehead atoms. The van der Waals surface area contributed by atoms with E-state index in [9.17, 15) is 0 Å². The van der Waals surface area contributed by atoms with Crippen LogP contribution in [-0.4, -0.2) is 331 Å². The summed E-state index contributed by atoms with van der Waals surface area (Å²) < 4.78 is 23.3. The molecule has 0 aliphatic carbocycles. The molecule has 0 unspecified atom stereocenters. The third-order valence-corrected chi connectivity index (χ3v) is 16.4. The summed E-state index contributed by atoms with van der Waals surface area (Å²) in [5, 5.41) is 0. The SMILES string of the molecule is C.C=COC.C=COCCCl.C=COCC[N+](C)(C)CCCCCC[N+](C)(C)CCC[N+](C)(C)CCCCCC[N+](C)(C)CC.CCN(C)CCCCCC[N+](C)(C)CCC[N+](C)(C)C.CN(C)CCCCCC[N+](C)(C)CCC[N+](C)(C)C.[Cl-].[Cl-].[Cl-].[Cl-].[Cl-].[Cl-].[Cl-].[Cl-]. The highest BCUT2D eigenvalue weighted by Crippen LogP contribution is 2.14. The van der Waals surface area contributed by atoms with E-state index in [4.69, 9.17) is 16.3 Å². The number of rotatable bonds is 50. The Hall–Kier alpha value is 0.830. The van der Waals surface area contributed by atoms with Gasteiger partial charge in [-0.2, -0.15) is 0 Å². The molecule has 0 saturated heterocycles. The number of methoxy groups -OCH3 is 1. The second kappa shape index (κ2) is 76.0. The van der Waals surface area contributed by atoms with E-state index in [1.165, 1.54) is 262 Å². The van der Waals surface area contributed by atoms with Crippen molar-refractivity contribution in [3.8, 4) is 0 Å². The van der Waals surface area contributed by atoms with Crippen molar-refractivity contribution in [3.63, 3.8) is 0 Å². The molecule has 92 heavy (non-hydrogen) atoms. The van der Waals surface area contributed by atoms with Crippen LogP contribution in [0.2, 0.25) is 0 Å². The van der Waals surface area contributed by atoms with E-state index in [0.29, 0.717) is 12.5 Å². The zero-order valence-electron chi connectivity index (χ0n) is 64.5. The fourth-order valence-electron chi connectivity index (χ4n) is 9.72. The van der Waals surface area contributed by atoms with Gasteiger partial charge in [0.1, 0.15) is 19.8 Å². The highest BCUT2D eigenvalue weighted by Gasteiger charge is 2.22. The first kappa shape index (κ1) is 126. The average Bonchev–Trinajstić information content (AvgIpc) is 3.36. The maximum Gasteiger partial charge on any atom is 0.136 e. The van der Waals surface area contributed by atoms with Gasteiger partial charge in [0, 0.05) is 19.3 Å². The highest BCUT2D eigenvalue weighted by atomic mass is 35.5. The topological polar surface area (TPSA) is 34.2 Å². The van der Waals surface area contributed by atoms with Crippen LogP contribution in [0.15, 0.2) is 38.5 Å². The van der Waals surface area contributed by atoms with E-state index in [0.717, 1.165) is 26.6 Å². The molecule has 13 nitrogen and oxygen atoms in total. The maximum atomic E-state index is 5.30. The number of unbranched alkanes of at least 4 members (excludes halogenated alkanes) is 12. The largest absolute Gasteiger partial charge is 1.00 e. The van der Waals surface area contributed by atoms with Crippen molar-refractivity contribution in [1.82, 2.24) is 9.80 Å². The Kier molecular flexibility index (Phi) is 104. The lowest BCUT2D eigenvalue weighted by molar-refractivity contribution is -0.909. The number of hydrogen-bond acceptors (Lipinski definition) is 5. The van der Waals surface area contributed by atoms with E-state index in [2.05, 4.69) is 201 Å². The van der Waals surface area contributed by atoms with Crippen molar-refractivity contribution in [2.24, 2.45) is 0 Å². The van der Waals surface area contributed by atoms with Crippen LogP contribution in [0.3, 0.4) is 0 Å². The monoisotopic (exact) mass is 1510 g/mol. The van der Waals surface area contributed by atoms with Gasteiger partial charge < -0.3 is 159 Å². The number of halogens is 9. The molecule has 0 atom stereocenters. The lowest BCUT2D eigenvalue weighted by atomic mass is 10.1. The molecule has 0 spiro atoms. The predicted molar refractivity (Wildman–Crippen MR) is 379 cm³/mol. The minimum absolute atomic E-state index is 0. The van der Waals surface area contributed by atoms with Crippen LogP contribution in [-0.2, 0) is 14.2 Å². The van der Waals surface area contributed by atoms with Crippen LogP contribution in [0, 0.1) is 0 Å². The van der Waals surface area contributed by atoms with Crippen LogP contribution in [0.4, 0.5) is 0 Å². The van der Waals surface area contributed by atoms with Gasteiger partial charge in [-0.05, 0) is 138 Å². The summed E-state index contributed by atoms with van der Waals surface area (Å²) in [7, 11) is 50.4. The lowest BCUT2D eigenvalue weighted by Gasteiger charge is -2.34. The second-order valence-electron chi connectivity index (χ2n) is 30.5. The van der Waals surface area contributed by atoms with Gasteiger partial charge in [0.15, 0.2) is 0 Å². The minimum Gasteiger partial charge on any atom is -1.00 e. The van der Waals surface area contributed by atoms with Crippen molar-refractivity contribution in [2.75, 3.05) is 285 Å². The summed E-state index contributed by atoms with van der Waals surface area (Å²) in [6.07, 6.45) is 30.3. The zero-order valence-corrected chi connectivity index (χ0v) is 71.3. The normalized spacial score (nSPS) is 11.2. The molecule has 0 aromatic heterocycles. The molecule has 0 rings (SSSR count). The Bertz CT molecular complexity index is 1460. The first-order valence-electron chi connectivity index (χ1n) is 33.4. The molecule has 0 fully saturated rings. The molecule has 0 aromatic rings. The Balaban J connectivity index is -0.0000000762. The van der Waals surface area contributed by atoms with Crippen LogP contribution in [0.1, 0.15) is 143 Å². The van der Waals surface area contributed by atoms with Gasteiger partial charge in [-0.3, -0.25) is 0 Å². The van der Waals surface area contributed by atoms with Crippen molar-refractivity contribution in [1.29, 1.82) is 0 Å². The van der Waals surface area contributed by atoms with E-state index >= 15 is 0 Å². The number of ether oxygens (including phenoxy) is 3. The summed E-state index contributed by atoms with van der Waals surface area (Å²) in [5.74, 6) is 0.534. The van der Waals surface area contributed by atoms with Gasteiger partial charge >= 0.3 is 0 Å². The van der Waals surface area contributed by atoms with E-state index in [1.54, 1.807) is 13.4 Å². The molecule has 22 heteroatoms. The molecule has 0 saturated carbocycles. The summed E-state index contributed by atoms with van der Waals surface area (Å²) in [6, 6.07) is 0. The molecule has 0 amide bonds. The zero-order chi connectivity index (χ0) is 65.0. The Morgan fingerprint density at radius 3 is 0.793 bits per heavy atom. The third-order valence-electron chi connectivity index (χ3n) is 16.2. The number of nitrogens with zero attached hydrogens (tertiary/aromatic N) is 10. The molecule has 0 heterocycles. The molecular weight excluding hydrogens is 1350 g/mol. The fraction of sp³-hybridized carbons (Fsp3) is 0.914. The summed E-state index contributed by atoms with van der Waals surface area (Å²) in [4.78, 5) is 4.69. The Labute approximate surface area is 633 Å². The molecule has 574 valence electrons. The van der Waals surface area contributed by atoms with Gasteiger partial charge in [0.25, 0.3) is 0 Å². The summed E-state index contributed by atoms with van der Waals surface area (Å²) in [5.41, 5.74) is 0. The van der Waals surface area contributed by atoms with Gasteiger partial charge in [0.2, 0.25) is 0 Å². The van der Waals surface area contributed by atoms with Gasteiger partial charge in [-0.1, -0.05) is 46.9 Å². The molecular formula is C70H163Cl9N10O3.